The number of phenolic OH excluding ortho intramolecular Hbond substituents is 2. The molecule has 0 saturated heterocycles. The van der Waals surface area contributed by atoms with Gasteiger partial charge in [0, 0.05) is 18.9 Å². The molecule has 1 aliphatic rings. The van der Waals surface area contributed by atoms with Gasteiger partial charge in [-0.3, -0.25) is 4.79 Å². The van der Waals surface area contributed by atoms with Gasteiger partial charge < -0.3 is 20.1 Å². The molecule has 0 amide bonds. The van der Waals surface area contributed by atoms with E-state index in [4.69, 9.17) is 4.74 Å². The van der Waals surface area contributed by atoms with E-state index in [2.05, 4.69) is 0 Å². The standard InChI is InChI=1S/C18H19FO6/c1-10-5-6-14(19)15(22)8-12(20)4-2-3-11-7-13(21)9-16(23)17(11)18(24)25-10/h2-3,6-7,9-10,12,20-21,23H,4-5,8H2,1H3/b3-2+,14-6+/t10-,12?/m0/s1. The Labute approximate surface area is 143 Å². The lowest BCUT2D eigenvalue weighted by atomic mass is 10.0. The molecular weight excluding hydrogens is 331 g/mol. The zero-order chi connectivity index (χ0) is 18.6. The molecule has 6 nitrogen and oxygen atoms in total. The monoisotopic (exact) mass is 350 g/mol. The van der Waals surface area contributed by atoms with Crippen LogP contribution in [0.15, 0.2) is 30.1 Å². The van der Waals surface area contributed by atoms with Crippen molar-refractivity contribution in [3.05, 3.63) is 41.2 Å². The number of fused-ring (bicyclic) bond motifs is 1. The van der Waals surface area contributed by atoms with Crippen molar-refractivity contribution in [3.8, 4) is 11.5 Å². The largest absolute Gasteiger partial charge is 0.508 e. The fraction of sp³-hybridized carbons (Fsp3) is 0.333. The summed E-state index contributed by atoms with van der Waals surface area (Å²) in [6.45, 7) is 1.51. The molecule has 0 saturated carbocycles. The number of halogens is 1. The van der Waals surface area contributed by atoms with Crippen molar-refractivity contribution in [3.63, 3.8) is 0 Å². The second-order valence-corrected chi connectivity index (χ2v) is 5.85. The van der Waals surface area contributed by atoms with Crippen LogP contribution in [0.5, 0.6) is 11.5 Å². The van der Waals surface area contributed by atoms with E-state index in [0.717, 1.165) is 12.1 Å². The number of ketones is 1. The fourth-order valence-electron chi connectivity index (χ4n) is 2.41. The maximum atomic E-state index is 13.7. The Morgan fingerprint density at radius 3 is 2.64 bits per heavy atom. The van der Waals surface area contributed by atoms with Crippen molar-refractivity contribution in [2.24, 2.45) is 0 Å². The Kier molecular flexibility index (Phi) is 5.93. The van der Waals surface area contributed by atoms with E-state index in [1.807, 2.05) is 0 Å². The predicted octanol–water partition coefficient (Wildman–Crippen LogP) is 2.62. The van der Waals surface area contributed by atoms with Gasteiger partial charge in [0.15, 0.2) is 11.6 Å². The van der Waals surface area contributed by atoms with Crippen LogP contribution in [0.3, 0.4) is 0 Å². The molecule has 134 valence electrons. The topological polar surface area (TPSA) is 104 Å². The number of aliphatic hydroxyl groups is 1. The third-order valence-electron chi connectivity index (χ3n) is 3.67. The first-order valence-corrected chi connectivity index (χ1v) is 7.78. The number of cyclic esters (lactones) is 1. The highest BCUT2D eigenvalue weighted by atomic mass is 19.1. The first kappa shape index (κ1) is 18.7. The Morgan fingerprint density at radius 1 is 1.20 bits per heavy atom. The van der Waals surface area contributed by atoms with E-state index in [9.17, 15) is 29.3 Å². The second-order valence-electron chi connectivity index (χ2n) is 5.85. The third-order valence-corrected chi connectivity index (χ3v) is 3.67. The van der Waals surface area contributed by atoms with Gasteiger partial charge in [-0.2, -0.15) is 0 Å². The third kappa shape index (κ3) is 4.90. The average molecular weight is 350 g/mol. The number of rotatable bonds is 0. The lowest BCUT2D eigenvalue weighted by molar-refractivity contribution is -0.118. The van der Waals surface area contributed by atoms with Gasteiger partial charge in [0.1, 0.15) is 23.2 Å². The van der Waals surface area contributed by atoms with Crippen LogP contribution in [-0.4, -0.2) is 39.3 Å². The molecule has 0 aliphatic carbocycles. The average Bonchev–Trinajstić information content (AvgIpc) is 2.50. The lowest BCUT2D eigenvalue weighted by Gasteiger charge is -2.15. The molecule has 1 aromatic carbocycles. The van der Waals surface area contributed by atoms with Crippen LogP contribution in [-0.2, 0) is 9.53 Å². The zero-order valence-corrected chi connectivity index (χ0v) is 13.6. The summed E-state index contributed by atoms with van der Waals surface area (Å²) in [5.41, 5.74) is 0.0555. The van der Waals surface area contributed by atoms with Crippen molar-refractivity contribution < 1.29 is 34.0 Å². The van der Waals surface area contributed by atoms with E-state index in [1.54, 1.807) is 0 Å². The smallest absolute Gasteiger partial charge is 0.342 e. The van der Waals surface area contributed by atoms with Crippen molar-refractivity contribution in [1.29, 1.82) is 0 Å². The van der Waals surface area contributed by atoms with Crippen LogP contribution in [0.1, 0.15) is 42.1 Å². The van der Waals surface area contributed by atoms with Crippen LogP contribution in [0.25, 0.3) is 6.08 Å². The van der Waals surface area contributed by atoms with E-state index < -0.39 is 35.5 Å². The molecule has 1 unspecified atom stereocenters. The van der Waals surface area contributed by atoms with Gasteiger partial charge in [0.2, 0.25) is 0 Å². The highest BCUT2D eigenvalue weighted by Crippen LogP contribution is 2.30. The fourth-order valence-corrected chi connectivity index (χ4v) is 2.41. The molecule has 1 aliphatic heterocycles. The molecule has 25 heavy (non-hydrogen) atoms. The quantitative estimate of drug-likeness (QED) is 0.622. The van der Waals surface area contributed by atoms with E-state index >= 15 is 0 Å². The van der Waals surface area contributed by atoms with Crippen LogP contribution in [0.2, 0.25) is 0 Å². The molecule has 3 N–H and O–H groups in total. The maximum Gasteiger partial charge on any atom is 0.342 e. The van der Waals surface area contributed by atoms with E-state index in [0.29, 0.717) is 0 Å². The van der Waals surface area contributed by atoms with Crippen molar-refractivity contribution in [1.82, 2.24) is 0 Å². The van der Waals surface area contributed by atoms with Gasteiger partial charge in [-0.05, 0) is 31.1 Å². The summed E-state index contributed by atoms with van der Waals surface area (Å²) in [7, 11) is 0. The Bertz CT molecular complexity index is 737. The van der Waals surface area contributed by atoms with Gasteiger partial charge in [-0.15, -0.1) is 0 Å². The number of ether oxygens (including phenoxy) is 1. The second kappa shape index (κ2) is 7.94. The van der Waals surface area contributed by atoms with Crippen LogP contribution >= 0.6 is 0 Å². The number of allylic oxidation sites excluding steroid dienone is 1. The summed E-state index contributed by atoms with van der Waals surface area (Å²) < 4.78 is 18.9. The van der Waals surface area contributed by atoms with Crippen molar-refractivity contribution in [2.45, 2.75) is 38.4 Å². The summed E-state index contributed by atoms with van der Waals surface area (Å²) in [4.78, 5) is 24.0. The minimum absolute atomic E-state index is 0.0281. The number of phenols is 2. The molecule has 7 heteroatoms. The predicted molar refractivity (Wildman–Crippen MR) is 87.7 cm³/mol. The highest BCUT2D eigenvalue weighted by Gasteiger charge is 2.21. The number of hydrogen-bond donors (Lipinski definition) is 3. The number of aliphatic hydroxyl groups excluding tert-OH is 1. The van der Waals surface area contributed by atoms with Crippen LogP contribution in [0, 0.1) is 0 Å². The lowest BCUT2D eigenvalue weighted by Crippen LogP contribution is -2.17. The first-order valence-electron chi connectivity index (χ1n) is 7.78. The van der Waals surface area contributed by atoms with Gasteiger partial charge in [0.25, 0.3) is 0 Å². The number of esters is 1. The zero-order valence-electron chi connectivity index (χ0n) is 13.6. The Hall–Kier alpha value is -2.67. The number of Topliss-reactive ketones (excluding diaryl/α,β-unsaturated/α-hetero) is 1. The summed E-state index contributed by atoms with van der Waals surface area (Å²) in [6.07, 6.45) is 1.65. The molecule has 2 atom stereocenters. The van der Waals surface area contributed by atoms with Crippen LogP contribution < -0.4 is 0 Å². The number of hydrogen-bond acceptors (Lipinski definition) is 6. The summed E-state index contributed by atoms with van der Waals surface area (Å²) in [5.74, 6) is -3.37. The molecule has 0 radical (unpaired) electrons. The normalized spacial score (nSPS) is 26.0. The Balaban J connectivity index is 2.42. The van der Waals surface area contributed by atoms with Crippen LogP contribution in [0.4, 0.5) is 4.39 Å². The molecule has 0 spiro atoms. The van der Waals surface area contributed by atoms with Gasteiger partial charge in [-0.1, -0.05) is 12.2 Å². The van der Waals surface area contributed by atoms with E-state index in [1.165, 1.54) is 25.1 Å². The summed E-state index contributed by atoms with van der Waals surface area (Å²) in [6, 6.07) is 2.27. The highest BCUT2D eigenvalue weighted by molar-refractivity contribution is 5.97. The van der Waals surface area contributed by atoms with Gasteiger partial charge in [0.05, 0.1) is 6.10 Å². The molecule has 1 heterocycles. The van der Waals surface area contributed by atoms with Gasteiger partial charge in [-0.25, -0.2) is 9.18 Å². The SMILES string of the molecule is C[C@H]1C/C=C(/F)C(=O)CC(O)C/C=C/c2cc(O)cc(O)c2C(=O)O1. The molecule has 0 bridgehead atoms. The number of carbonyl (C=O) groups excluding carboxylic acids is 2. The molecule has 0 aromatic heterocycles. The van der Waals surface area contributed by atoms with Crippen molar-refractivity contribution >= 4 is 17.8 Å². The minimum Gasteiger partial charge on any atom is -0.508 e. The first-order chi connectivity index (χ1) is 11.8. The molecule has 2 rings (SSSR count). The molecule has 0 fully saturated rings. The maximum absolute atomic E-state index is 13.7. The number of aromatic hydroxyl groups is 2. The Morgan fingerprint density at radius 2 is 1.92 bits per heavy atom. The van der Waals surface area contributed by atoms with Crippen molar-refractivity contribution in [2.75, 3.05) is 0 Å². The molecular formula is C18H19FO6. The summed E-state index contributed by atoms with van der Waals surface area (Å²) in [5, 5.41) is 29.4. The van der Waals surface area contributed by atoms with E-state index in [-0.39, 0.29) is 36.1 Å². The number of benzene rings is 1. The minimum atomic E-state index is -1.09. The summed E-state index contributed by atoms with van der Waals surface area (Å²) >= 11 is 0. The molecule has 1 aromatic rings. The van der Waals surface area contributed by atoms with Gasteiger partial charge >= 0.3 is 5.97 Å². The number of carbonyl (C=O) groups is 2.